The van der Waals surface area contributed by atoms with Crippen LogP contribution in [0.3, 0.4) is 0 Å². The summed E-state index contributed by atoms with van der Waals surface area (Å²) in [7, 11) is 1.63. The van der Waals surface area contributed by atoms with Gasteiger partial charge in [0.1, 0.15) is 12.1 Å². The highest BCUT2D eigenvalue weighted by molar-refractivity contribution is 6.30. The van der Waals surface area contributed by atoms with Crippen molar-refractivity contribution >= 4 is 40.2 Å². The molecular formula is C36H45ClN8O3. The van der Waals surface area contributed by atoms with Crippen LogP contribution >= 0.6 is 11.6 Å². The zero-order valence-electron chi connectivity index (χ0n) is 27.3. The minimum atomic E-state index is -0.878. The molecule has 0 saturated heterocycles. The number of para-hydroxylation sites is 1. The first kappa shape index (κ1) is 35.0. The summed E-state index contributed by atoms with van der Waals surface area (Å²) >= 11 is 6.43. The molecule has 2 bridgehead atoms. The Balaban J connectivity index is 1.56. The topological polar surface area (TPSA) is 171 Å². The average molecular weight is 673 g/mol. The van der Waals surface area contributed by atoms with Crippen LogP contribution in [0.5, 0.6) is 0 Å². The van der Waals surface area contributed by atoms with Crippen molar-refractivity contribution in [1.29, 1.82) is 0 Å². The molecule has 0 radical (unpaired) electrons. The van der Waals surface area contributed by atoms with Gasteiger partial charge in [0.15, 0.2) is 0 Å². The Morgan fingerprint density at radius 1 is 0.917 bits per heavy atom. The summed E-state index contributed by atoms with van der Waals surface area (Å²) in [5.74, 6) is -0.969. The highest BCUT2D eigenvalue weighted by atomic mass is 35.5. The number of aromatic amines is 1. The maximum absolute atomic E-state index is 14.3. The van der Waals surface area contributed by atoms with Crippen LogP contribution < -0.4 is 27.4 Å². The predicted octanol–water partition coefficient (Wildman–Crippen LogP) is 3.39. The standard InChI is InChI=1S/C36H45ClN8O3/c1-45-33(19-25-21-42-29-8-3-2-7-27(25)29)35(47)43-22-24-18-26(37)11-12-28(24)32-17-23(13-16-40-32)20-41-30(10-6-15-39)34(46)44-31(36(45)48)9-4-5-14-38/h2-3,7-8,11-13,16-18,21,30-31,33,41-42H,4-6,9-10,14-15,19-20,22,38-39H2,1H3,(H,43,47)(H,44,46)/t30-,31-,33-/m0/s1. The lowest BCUT2D eigenvalue weighted by atomic mass is 10.00. The number of pyridine rings is 1. The van der Waals surface area contributed by atoms with E-state index in [2.05, 4.69) is 25.9 Å². The smallest absolute Gasteiger partial charge is 0.245 e. The van der Waals surface area contributed by atoms with Crippen LogP contribution in [0.1, 0.15) is 48.8 Å². The molecule has 3 heterocycles. The van der Waals surface area contributed by atoms with Gasteiger partial charge in [-0.2, -0.15) is 0 Å². The summed E-state index contributed by atoms with van der Waals surface area (Å²) in [6.45, 7) is 1.46. The Kier molecular flexibility index (Phi) is 12.2. The van der Waals surface area contributed by atoms with Gasteiger partial charge < -0.3 is 37.3 Å². The van der Waals surface area contributed by atoms with E-state index < -0.39 is 18.1 Å². The minimum Gasteiger partial charge on any atom is -0.361 e. The summed E-state index contributed by atoms with van der Waals surface area (Å²) in [5.41, 5.74) is 16.7. The maximum Gasteiger partial charge on any atom is 0.245 e. The quantitative estimate of drug-likeness (QED) is 0.148. The summed E-state index contributed by atoms with van der Waals surface area (Å²) < 4.78 is 0. The van der Waals surface area contributed by atoms with Crippen molar-refractivity contribution in [3.63, 3.8) is 0 Å². The summed E-state index contributed by atoms with van der Waals surface area (Å²) in [5, 5.41) is 11.0. The zero-order valence-corrected chi connectivity index (χ0v) is 28.1. The van der Waals surface area contributed by atoms with Crippen LogP contribution in [0.4, 0.5) is 0 Å². The molecule has 8 N–H and O–H groups in total. The van der Waals surface area contributed by atoms with Crippen LogP contribution in [0.2, 0.25) is 5.02 Å². The molecule has 254 valence electrons. The first-order valence-electron chi connectivity index (χ1n) is 16.6. The number of fused-ring (bicyclic) bond motifs is 5. The van der Waals surface area contributed by atoms with E-state index in [1.165, 1.54) is 4.90 Å². The number of unbranched alkanes of at least 4 members (excludes halogenated alkanes) is 1. The molecule has 2 aromatic carbocycles. The Morgan fingerprint density at radius 2 is 1.71 bits per heavy atom. The molecule has 0 unspecified atom stereocenters. The molecule has 11 nitrogen and oxygen atoms in total. The van der Waals surface area contributed by atoms with Crippen molar-refractivity contribution in [3.8, 4) is 11.3 Å². The third kappa shape index (κ3) is 8.59. The number of nitrogens with zero attached hydrogens (tertiary/aromatic N) is 2. The van der Waals surface area contributed by atoms with Gasteiger partial charge in [-0.1, -0.05) is 35.9 Å². The van der Waals surface area contributed by atoms with Crippen LogP contribution in [-0.4, -0.2) is 70.9 Å². The molecule has 1 aliphatic heterocycles. The van der Waals surface area contributed by atoms with E-state index in [4.69, 9.17) is 23.1 Å². The normalized spacial score (nSPS) is 19.5. The highest BCUT2D eigenvalue weighted by Crippen LogP contribution is 2.27. The van der Waals surface area contributed by atoms with Gasteiger partial charge in [0.2, 0.25) is 17.7 Å². The fraction of sp³-hybridized carbons (Fsp3) is 0.389. The van der Waals surface area contributed by atoms with Crippen molar-refractivity contribution in [2.45, 2.75) is 69.7 Å². The van der Waals surface area contributed by atoms with E-state index in [0.717, 1.165) is 33.2 Å². The third-order valence-electron chi connectivity index (χ3n) is 8.95. The Morgan fingerprint density at radius 3 is 2.52 bits per heavy atom. The average Bonchev–Trinajstić information content (AvgIpc) is 3.51. The van der Waals surface area contributed by atoms with E-state index in [0.29, 0.717) is 62.5 Å². The number of aromatic nitrogens is 2. The number of nitrogens with one attached hydrogen (secondary N) is 4. The second-order valence-electron chi connectivity index (χ2n) is 12.3. The Bertz CT molecular complexity index is 1730. The van der Waals surface area contributed by atoms with Crippen molar-refractivity contribution in [2.75, 3.05) is 20.1 Å². The van der Waals surface area contributed by atoms with Crippen LogP contribution in [0, 0.1) is 0 Å². The third-order valence-corrected chi connectivity index (χ3v) is 9.19. The number of halogens is 1. The molecule has 0 fully saturated rings. The van der Waals surface area contributed by atoms with Gasteiger partial charge in [0.25, 0.3) is 0 Å². The van der Waals surface area contributed by atoms with Gasteiger partial charge in [0.05, 0.1) is 11.7 Å². The lowest BCUT2D eigenvalue weighted by molar-refractivity contribution is -0.142. The number of benzene rings is 2. The minimum absolute atomic E-state index is 0.170. The molecule has 5 rings (SSSR count). The molecule has 2 aromatic heterocycles. The van der Waals surface area contributed by atoms with E-state index in [-0.39, 0.29) is 30.7 Å². The number of hydrogen-bond acceptors (Lipinski definition) is 7. The van der Waals surface area contributed by atoms with E-state index in [1.807, 2.05) is 54.7 Å². The van der Waals surface area contributed by atoms with Crippen LogP contribution in [0.15, 0.2) is 67.0 Å². The van der Waals surface area contributed by atoms with Gasteiger partial charge in [-0.05, 0) is 92.2 Å². The number of carbonyl (C=O) groups excluding carboxylic acids is 3. The maximum atomic E-state index is 14.3. The lowest BCUT2D eigenvalue weighted by Crippen LogP contribution is -2.57. The number of likely N-dealkylation sites (N-methyl/N-ethyl adjacent to an activating group) is 1. The second kappa shape index (κ2) is 16.7. The largest absolute Gasteiger partial charge is 0.361 e. The van der Waals surface area contributed by atoms with Gasteiger partial charge >= 0.3 is 0 Å². The van der Waals surface area contributed by atoms with E-state index in [1.54, 1.807) is 19.3 Å². The van der Waals surface area contributed by atoms with Gasteiger partial charge in [-0.3, -0.25) is 19.4 Å². The number of nitrogens with two attached hydrogens (primary N) is 2. The molecule has 0 spiro atoms. The van der Waals surface area contributed by atoms with Crippen molar-refractivity contribution in [1.82, 2.24) is 30.8 Å². The molecule has 48 heavy (non-hydrogen) atoms. The van der Waals surface area contributed by atoms with E-state index in [9.17, 15) is 14.4 Å². The molecule has 0 saturated carbocycles. The molecule has 1 aliphatic rings. The molecule has 4 aromatic rings. The van der Waals surface area contributed by atoms with Gasteiger partial charge in [0, 0.05) is 60.4 Å². The van der Waals surface area contributed by atoms with Gasteiger partial charge in [-0.25, -0.2) is 0 Å². The summed E-state index contributed by atoms with van der Waals surface area (Å²) in [4.78, 5) is 51.6. The summed E-state index contributed by atoms with van der Waals surface area (Å²) in [6, 6.07) is 14.9. The monoisotopic (exact) mass is 672 g/mol. The lowest BCUT2D eigenvalue weighted by Gasteiger charge is -2.32. The number of H-pyrrole nitrogens is 1. The molecule has 3 amide bonds. The fourth-order valence-corrected chi connectivity index (χ4v) is 6.41. The molecule has 0 aliphatic carbocycles. The van der Waals surface area contributed by atoms with Crippen molar-refractivity contribution in [2.24, 2.45) is 11.5 Å². The molecule has 12 heteroatoms. The van der Waals surface area contributed by atoms with Crippen molar-refractivity contribution in [3.05, 3.63) is 88.7 Å². The zero-order chi connectivity index (χ0) is 34.0. The van der Waals surface area contributed by atoms with Crippen molar-refractivity contribution < 1.29 is 14.4 Å². The first-order valence-corrected chi connectivity index (χ1v) is 16.9. The van der Waals surface area contributed by atoms with Crippen LogP contribution in [0.25, 0.3) is 22.2 Å². The van der Waals surface area contributed by atoms with Crippen LogP contribution in [-0.2, 0) is 33.9 Å². The fourth-order valence-electron chi connectivity index (χ4n) is 6.22. The van der Waals surface area contributed by atoms with Gasteiger partial charge in [-0.15, -0.1) is 0 Å². The SMILES string of the molecule is CN1C(=O)[C@H](CCCCN)NC(=O)[C@H](CCCN)NCc2ccnc(c2)-c2ccc(Cl)cc2CNC(=O)[C@@H]1Cc1c[nH]c2ccccc12. The number of carbonyl (C=O) groups is 3. The number of hydrogen-bond donors (Lipinski definition) is 6. The first-order chi connectivity index (χ1) is 23.3. The Labute approximate surface area is 286 Å². The number of rotatable bonds is 9. The molecular weight excluding hydrogens is 628 g/mol. The number of amides is 3. The summed E-state index contributed by atoms with van der Waals surface area (Å²) in [6.07, 6.45) is 6.70. The Hall–Kier alpha value is -4.29. The highest BCUT2D eigenvalue weighted by Gasteiger charge is 2.34. The molecule has 3 atom stereocenters. The second-order valence-corrected chi connectivity index (χ2v) is 12.7. The predicted molar refractivity (Wildman–Crippen MR) is 189 cm³/mol. The van der Waals surface area contributed by atoms with E-state index >= 15 is 0 Å².